The lowest BCUT2D eigenvalue weighted by molar-refractivity contribution is -0.00625. The predicted octanol–water partition coefficient (Wildman–Crippen LogP) is 0.566. The van der Waals surface area contributed by atoms with Crippen LogP contribution in [0.3, 0.4) is 0 Å². The molecule has 0 amide bonds. The Morgan fingerprint density at radius 3 is 3.00 bits per heavy atom. The molecule has 2 heterocycles. The number of aromatic nitrogens is 2. The minimum absolute atomic E-state index is 0.282. The van der Waals surface area contributed by atoms with E-state index in [4.69, 9.17) is 14.7 Å². The molecule has 17 heavy (non-hydrogen) atoms. The maximum absolute atomic E-state index is 8.60. The molecule has 1 aromatic heterocycles. The molecule has 1 fully saturated rings. The third-order valence-corrected chi connectivity index (χ3v) is 2.86. The molecule has 0 aromatic carbocycles. The lowest BCUT2D eigenvalue weighted by Crippen LogP contribution is -2.39. The van der Waals surface area contributed by atoms with Crippen molar-refractivity contribution in [3.8, 4) is 6.07 Å². The highest BCUT2D eigenvalue weighted by molar-refractivity contribution is 5.33. The first-order valence-electron chi connectivity index (χ1n) is 5.37. The molecule has 90 valence electrons. The van der Waals surface area contributed by atoms with Gasteiger partial charge in [0.2, 0.25) is 0 Å². The Balaban J connectivity index is 1.94. The number of nitrogens with zero attached hydrogens (tertiary/aromatic N) is 3. The lowest BCUT2D eigenvalue weighted by Gasteiger charge is -2.25. The summed E-state index contributed by atoms with van der Waals surface area (Å²) >= 11 is 0. The Morgan fingerprint density at radius 2 is 2.47 bits per heavy atom. The summed E-state index contributed by atoms with van der Waals surface area (Å²) in [6, 6.07) is 1.92. The van der Waals surface area contributed by atoms with Crippen molar-refractivity contribution in [2.45, 2.75) is 12.0 Å². The smallest absolute Gasteiger partial charge is 0.158 e. The van der Waals surface area contributed by atoms with Crippen LogP contribution in [0.5, 0.6) is 0 Å². The van der Waals surface area contributed by atoms with E-state index in [-0.39, 0.29) is 5.60 Å². The van der Waals surface area contributed by atoms with Crippen LogP contribution >= 0.6 is 0 Å². The Morgan fingerprint density at radius 1 is 1.59 bits per heavy atom. The molecular weight excluding hydrogens is 220 g/mol. The Labute approximate surface area is 99.6 Å². The average molecular weight is 234 g/mol. The second-order valence-corrected chi connectivity index (χ2v) is 3.94. The van der Waals surface area contributed by atoms with Gasteiger partial charge in [-0.3, -0.25) is 0 Å². The van der Waals surface area contributed by atoms with Gasteiger partial charge in [0.1, 0.15) is 17.5 Å². The number of methoxy groups -OCH3 is 1. The summed E-state index contributed by atoms with van der Waals surface area (Å²) in [6.45, 7) is 1.92. The van der Waals surface area contributed by atoms with Crippen molar-refractivity contribution < 1.29 is 9.47 Å². The highest BCUT2D eigenvalue weighted by Crippen LogP contribution is 2.22. The Hall–Kier alpha value is -1.71. The van der Waals surface area contributed by atoms with Gasteiger partial charge in [-0.2, -0.15) is 5.26 Å². The third-order valence-electron chi connectivity index (χ3n) is 2.86. The van der Waals surface area contributed by atoms with Gasteiger partial charge in [0.05, 0.1) is 19.0 Å². The third kappa shape index (κ3) is 2.70. The van der Waals surface area contributed by atoms with Crippen LogP contribution in [-0.2, 0) is 9.47 Å². The van der Waals surface area contributed by atoms with Gasteiger partial charge in [0, 0.05) is 26.7 Å². The van der Waals surface area contributed by atoms with Gasteiger partial charge in [0.15, 0.2) is 5.69 Å². The number of nitriles is 1. The zero-order chi connectivity index (χ0) is 12.1. The molecule has 0 aliphatic carbocycles. The van der Waals surface area contributed by atoms with E-state index in [2.05, 4.69) is 15.3 Å². The minimum atomic E-state index is -0.282. The van der Waals surface area contributed by atoms with E-state index in [1.807, 2.05) is 6.07 Å². The molecule has 0 spiro atoms. The molecule has 1 aromatic rings. The number of ether oxygens (including phenoxy) is 2. The van der Waals surface area contributed by atoms with Gasteiger partial charge in [0.25, 0.3) is 0 Å². The van der Waals surface area contributed by atoms with E-state index in [0.29, 0.717) is 31.3 Å². The number of hydrogen-bond donors (Lipinski definition) is 1. The first-order chi connectivity index (χ1) is 8.28. The van der Waals surface area contributed by atoms with Crippen molar-refractivity contribution in [2.75, 3.05) is 32.2 Å². The summed E-state index contributed by atoms with van der Waals surface area (Å²) < 4.78 is 10.8. The van der Waals surface area contributed by atoms with E-state index in [1.54, 1.807) is 7.11 Å². The summed E-state index contributed by atoms with van der Waals surface area (Å²) in [5, 5.41) is 11.7. The zero-order valence-electron chi connectivity index (χ0n) is 9.64. The van der Waals surface area contributed by atoms with Crippen LogP contribution in [0.25, 0.3) is 0 Å². The zero-order valence-corrected chi connectivity index (χ0v) is 9.64. The summed E-state index contributed by atoms with van der Waals surface area (Å²) in [6.07, 6.45) is 3.84. The predicted molar refractivity (Wildman–Crippen MR) is 60.4 cm³/mol. The molecule has 0 bridgehead atoms. The molecule has 6 nitrogen and oxygen atoms in total. The second kappa shape index (κ2) is 5.08. The highest BCUT2D eigenvalue weighted by Gasteiger charge is 2.34. The first-order valence-corrected chi connectivity index (χ1v) is 5.37. The lowest BCUT2D eigenvalue weighted by atomic mass is 10.0. The molecule has 1 unspecified atom stereocenters. The normalized spacial score (nSPS) is 23.3. The van der Waals surface area contributed by atoms with Crippen molar-refractivity contribution in [3.05, 3.63) is 18.1 Å². The van der Waals surface area contributed by atoms with Crippen LogP contribution < -0.4 is 5.32 Å². The topological polar surface area (TPSA) is 80.1 Å². The molecule has 1 saturated heterocycles. The summed E-state index contributed by atoms with van der Waals surface area (Å²) in [5.74, 6) is 0.632. The van der Waals surface area contributed by atoms with Gasteiger partial charge in [-0.25, -0.2) is 9.97 Å². The SMILES string of the molecule is COC1(CNc2cnc(C#N)cn2)CCOC1. The van der Waals surface area contributed by atoms with Crippen molar-refractivity contribution >= 4 is 5.82 Å². The summed E-state index contributed by atoms with van der Waals surface area (Å²) in [7, 11) is 1.68. The van der Waals surface area contributed by atoms with E-state index >= 15 is 0 Å². The van der Waals surface area contributed by atoms with Crippen molar-refractivity contribution in [1.82, 2.24) is 9.97 Å². The van der Waals surface area contributed by atoms with E-state index in [1.165, 1.54) is 12.4 Å². The molecule has 2 rings (SSSR count). The highest BCUT2D eigenvalue weighted by atomic mass is 16.5. The maximum atomic E-state index is 8.60. The van der Waals surface area contributed by atoms with Crippen molar-refractivity contribution in [2.24, 2.45) is 0 Å². The molecule has 0 radical (unpaired) electrons. The number of rotatable bonds is 4. The largest absolute Gasteiger partial charge is 0.378 e. The van der Waals surface area contributed by atoms with Crippen LogP contribution in [0, 0.1) is 11.3 Å². The Kier molecular flexibility index (Phi) is 3.52. The fourth-order valence-corrected chi connectivity index (χ4v) is 1.69. The van der Waals surface area contributed by atoms with Crippen molar-refractivity contribution in [3.63, 3.8) is 0 Å². The first kappa shape index (κ1) is 11.8. The van der Waals surface area contributed by atoms with Gasteiger partial charge >= 0.3 is 0 Å². The van der Waals surface area contributed by atoms with Crippen LogP contribution in [0.15, 0.2) is 12.4 Å². The molecule has 1 N–H and O–H groups in total. The standard InChI is InChI=1S/C11H14N4O2/c1-16-11(2-3-17-8-11)7-15-10-6-13-9(4-12)5-14-10/h5-6H,2-3,7-8H2,1H3,(H,14,15). The number of hydrogen-bond acceptors (Lipinski definition) is 6. The van der Waals surface area contributed by atoms with Crippen LogP contribution in [-0.4, -0.2) is 42.4 Å². The van der Waals surface area contributed by atoms with Gasteiger partial charge in [-0.1, -0.05) is 0 Å². The minimum Gasteiger partial charge on any atom is -0.378 e. The molecule has 6 heteroatoms. The monoisotopic (exact) mass is 234 g/mol. The van der Waals surface area contributed by atoms with Crippen LogP contribution in [0.4, 0.5) is 5.82 Å². The second-order valence-electron chi connectivity index (χ2n) is 3.94. The Bertz CT molecular complexity index is 406. The van der Waals surface area contributed by atoms with E-state index in [9.17, 15) is 0 Å². The van der Waals surface area contributed by atoms with E-state index in [0.717, 1.165) is 6.42 Å². The quantitative estimate of drug-likeness (QED) is 0.820. The van der Waals surface area contributed by atoms with Gasteiger partial charge < -0.3 is 14.8 Å². The molecule has 0 saturated carbocycles. The van der Waals surface area contributed by atoms with Crippen LogP contribution in [0.1, 0.15) is 12.1 Å². The fraction of sp³-hybridized carbons (Fsp3) is 0.545. The van der Waals surface area contributed by atoms with Crippen LogP contribution in [0.2, 0.25) is 0 Å². The maximum Gasteiger partial charge on any atom is 0.158 e. The van der Waals surface area contributed by atoms with Gasteiger partial charge in [-0.15, -0.1) is 0 Å². The summed E-state index contributed by atoms with van der Waals surface area (Å²) in [4.78, 5) is 8.02. The molecule has 1 atom stereocenters. The van der Waals surface area contributed by atoms with Gasteiger partial charge in [-0.05, 0) is 0 Å². The molecule has 1 aliphatic rings. The molecular formula is C11H14N4O2. The molecule has 1 aliphatic heterocycles. The fourth-order valence-electron chi connectivity index (χ4n) is 1.69. The van der Waals surface area contributed by atoms with E-state index < -0.39 is 0 Å². The summed E-state index contributed by atoms with van der Waals surface area (Å²) in [5.41, 5.74) is 0.0245. The average Bonchev–Trinajstić information content (AvgIpc) is 2.86. The van der Waals surface area contributed by atoms with Crippen molar-refractivity contribution in [1.29, 1.82) is 5.26 Å². The number of nitrogens with one attached hydrogen (secondary N) is 1. The number of anilines is 1.